The van der Waals surface area contributed by atoms with Gasteiger partial charge in [-0.1, -0.05) is 32.0 Å². The Morgan fingerprint density at radius 1 is 1.15 bits per heavy atom. The van der Waals surface area contributed by atoms with E-state index in [0.29, 0.717) is 28.3 Å². The predicted octanol–water partition coefficient (Wildman–Crippen LogP) is 3.57. The van der Waals surface area contributed by atoms with Crippen molar-refractivity contribution < 1.29 is 9.59 Å². The van der Waals surface area contributed by atoms with Crippen LogP contribution in [0.3, 0.4) is 0 Å². The maximum absolute atomic E-state index is 13.1. The van der Waals surface area contributed by atoms with Crippen LogP contribution in [-0.4, -0.2) is 36.4 Å². The second-order valence-corrected chi connectivity index (χ2v) is 8.74. The quantitative estimate of drug-likeness (QED) is 0.310. The van der Waals surface area contributed by atoms with Crippen LogP contribution in [0.25, 0.3) is 16.9 Å². The van der Waals surface area contributed by atoms with Gasteiger partial charge in [0.05, 0.1) is 17.0 Å². The molecule has 3 aromatic heterocycles. The monoisotopic (exact) mass is 444 g/mol. The van der Waals surface area contributed by atoms with Gasteiger partial charge < -0.3 is 10.3 Å². The SMILES string of the molecule is Cc1[nH]c2ccccc2c1C(=O)C(=O)Nc1cc(C2CC2)nn1-c1nc(C(C)C)cc(=O)[nH]1. The fraction of sp³-hybridized carbons (Fsp3) is 0.292. The number of benzene rings is 1. The van der Waals surface area contributed by atoms with E-state index in [2.05, 4.69) is 25.4 Å². The molecule has 1 fully saturated rings. The van der Waals surface area contributed by atoms with Gasteiger partial charge in [0.25, 0.3) is 17.2 Å². The minimum Gasteiger partial charge on any atom is -0.358 e. The molecule has 1 aliphatic carbocycles. The number of carbonyl (C=O) groups is 2. The number of aryl methyl sites for hydroxylation is 1. The van der Waals surface area contributed by atoms with E-state index in [4.69, 9.17) is 0 Å². The molecule has 168 valence electrons. The largest absolute Gasteiger partial charge is 0.358 e. The van der Waals surface area contributed by atoms with Crippen LogP contribution in [-0.2, 0) is 4.79 Å². The normalized spacial score (nSPS) is 13.6. The predicted molar refractivity (Wildman–Crippen MR) is 124 cm³/mol. The van der Waals surface area contributed by atoms with E-state index >= 15 is 0 Å². The van der Waals surface area contributed by atoms with Crippen LogP contribution < -0.4 is 10.9 Å². The van der Waals surface area contributed by atoms with Crippen molar-refractivity contribution in [3.8, 4) is 5.95 Å². The Labute approximate surface area is 189 Å². The van der Waals surface area contributed by atoms with Gasteiger partial charge in [-0.3, -0.25) is 19.4 Å². The first-order chi connectivity index (χ1) is 15.8. The van der Waals surface area contributed by atoms with Gasteiger partial charge >= 0.3 is 0 Å². The maximum Gasteiger partial charge on any atom is 0.298 e. The second kappa shape index (κ2) is 7.84. The molecule has 3 heterocycles. The lowest BCUT2D eigenvalue weighted by Gasteiger charge is -2.10. The van der Waals surface area contributed by atoms with Crippen molar-refractivity contribution in [2.45, 2.75) is 45.4 Å². The Hall–Kier alpha value is -4.01. The number of aromatic amines is 2. The van der Waals surface area contributed by atoms with Crippen molar-refractivity contribution >= 4 is 28.4 Å². The summed E-state index contributed by atoms with van der Waals surface area (Å²) in [6, 6.07) is 10.5. The Morgan fingerprint density at radius 3 is 2.64 bits per heavy atom. The smallest absolute Gasteiger partial charge is 0.298 e. The molecule has 0 bridgehead atoms. The van der Waals surface area contributed by atoms with Gasteiger partial charge in [-0.2, -0.15) is 9.78 Å². The molecule has 0 unspecified atom stereocenters. The summed E-state index contributed by atoms with van der Waals surface area (Å²) in [7, 11) is 0. The van der Waals surface area contributed by atoms with Crippen molar-refractivity contribution in [1.82, 2.24) is 24.7 Å². The Morgan fingerprint density at radius 2 is 1.91 bits per heavy atom. The molecule has 9 nitrogen and oxygen atoms in total. The Kier molecular flexibility index (Phi) is 4.96. The molecule has 1 aromatic carbocycles. The number of aromatic nitrogens is 5. The van der Waals surface area contributed by atoms with Crippen LogP contribution >= 0.6 is 0 Å². The molecule has 3 N–H and O–H groups in total. The van der Waals surface area contributed by atoms with Crippen molar-refractivity contribution in [1.29, 1.82) is 0 Å². The molecular weight excluding hydrogens is 420 g/mol. The maximum atomic E-state index is 13.1. The Bertz CT molecular complexity index is 1450. The highest BCUT2D eigenvalue weighted by molar-refractivity contribution is 6.48. The molecule has 4 aromatic rings. The van der Waals surface area contributed by atoms with Crippen molar-refractivity contribution in [2.75, 3.05) is 5.32 Å². The number of ketones is 1. The molecule has 33 heavy (non-hydrogen) atoms. The highest BCUT2D eigenvalue weighted by Crippen LogP contribution is 2.40. The molecular formula is C24H24N6O3. The average Bonchev–Trinajstić information content (AvgIpc) is 3.46. The minimum absolute atomic E-state index is 0.0361. The number of H-pyrrole nitrogens is 2. The van der Waals surface area contributed by atoms with E-state index in [-0.39, 0.29) is 23.2 Å². The molecule has 0 atom stereocenters. The van der Waals surface area contributed by atoms with Crippen molar-refractivity contribution in [3.63, 3.8) is 0 Å². The van der Waals surface area contributed by atoms with E-state index in [1.54, 1.807) is 19.1 Å². The van der Waals surface area contributed by atoms with E-state index in [1.807, 2.05) is 32.0 Å². The molecule has 0 spiro atoms. The number of fused-ring (bicyclic) bond motifs is 1. The summed E-state index contributed by atoms with van der Waals surface area (Å²) in [4.78, 5) is 48.7. The van der Waals surface area contributed by atoms with Crippen LogP contribution in [0.2, 0.25) is 0 Å². The summed E-state index contributed by atoms with van der Waals surface area (Å²) in [6.45, 7) is 5.65. The highest BCUT2D eigenvalue weighted by atomic mass is 16.2. The molecule has 5 rings (SSSR count). The first kappa shape index (κ1) is 20.9. The van der Waals surface area contributed by atoms with Crippen LogP contribution in [0.1, 0.15) is 66.0 Å². The molecule has 9 heteroatoms. The molecule has 0 saturated heterocycles. The van der Waals surface area contributed by atoms with E-state index in [9.17, 15) is 14.4 Å². The minimum atomic E-state index is -0.784. The van der Waals surface area contributed by atoms with Crippen molar-refractivity contribution in [3.05, 3.63) is 69.4 Å². The van der Waals surface area contributed by atoms with Gasteiger partial charge in [0.15, 0.2) is 0 Å². The number of nitrogens with zero attached hydrogens (tertiary/aromatic N) is 3. The zero-order chi connectivity index (χ0) is 23.3. The fourth-order valence-corrected chi connectivity index (χ4v) is 3.94. The third-order valence-electron chi connectivity index (χ3n) is 5.83. The summed E-state index contributed by atoms with van der Waals surface area (Å²) >= 11 is 0. The van der Waals surface area contributed by atoms with Gasteiger partial charge in [0, 0.05) is 34.6 Å². The topological polar surface area (TPSA) is 126 Å². The standard InChI is InChI=1S/C24H24N6O3/c1-12(2)17-11-20(31)28-24(26-17)30-19(10-18(29-30)14-8-9-14)27-23(33)22(32)21-13(3)25-16-7-5-4-6-15(16)21/h4-7,10-12,14,25H,8-9H2,1-3H3,(H,27,33)(H,26,28,31). The number of carbonyl (C=O) groups excluding carboxylic acids is 2. The van der Waals surface area contributed by atoms with Crippen LogP contribution in [0, 0.1) is 6.92 Å². The van der Waals surface area contributed by atoms with E-state index in [0.717, 1.165) is 24.1 Å². The number of rotatable bonds is 6. The number of para-hydroxylation sites is 1. The summed E-state index contributed by atoms with van der Waals surface area (Å²) in [5.41, 5.74) is 2.84. The van der Waals surface area contributed by atoms with Gasteiger partial charge in [-0.25, -0.2) is 4.98 Å². The number of amides is 1. The number of anilines is 1. The zero-order valence-electron chi connectivity index (χ0n) is 18.6. The number of nitrogens with one attached hydrogen (secondary N) is 3. The first-order valence-electron chi connectivity index (χ1n) is 11.0. The van der Waals surface area contributed by atoms with Crippen LogP contribution in [0.4, 0.5) is 5.82 Å². The van der Waals surface area contributed by atoms with Gasteiger partial charge in [-0.05, 0) is 31.7 Å². The Balaban J connectivity index is 1.52. The molecule has 1 aliphatic rings. The van der Waals surface area contributed by atoms with E-state index in [1.165, 1.54) is 10.7 Å². The van der Waals surface area contributed by atoms with Crippen molar-refractivity contribution in [2.24, 2.45) is 0 Å². The summed E-state index contributed by atoms with van der Waals surface area (Å²) in [5.74, 6) is -0.611. The lowest BCUT2D eigenvalue weighted by atomic mass is 10.1. The average molecular weight is 444 g/mol. The van der Waals surface area contributed by atoms with Gasteiger partial charge in [0.1, 0.15) is 5.82 Å². The van der Waals surface area contributed by atoms with Gasteiger partial charge in [0.2, 0.25) is 5.95 Å². The summed E-state index contributed by atoms with van der Waals surface area (Å²) < 4.78 is 1.40. The fourth-order valence-electron chi connectivity index (χ4n) is 3.94. The number of hydrogen-bond donors (Lipinski definition) is 3. The molecule has 1 amide bonds. The molecule has 0 aliphatic heterocycles. The third kappa shape index (κ3) is 3.86. The lowest BCUT2D eigenvalue weighted by molar-refractivity contribution is -0.112. The molecule has 1 saturated carbocycles. The second-order valence-electron chi connectivity index (χ2n) is 8.74. The summed E-state index contributed by atoms with van der Waals surface area (Å²) in [5, 5.41) is 7.97. The van der Waals surface area contributed by atoms with Gasteiger partial charge in [-0.15, -0.1) is 0 Å². The third-order valence-corrected chi connectivity index (χ3v) is 5.83. The van der Waals surface area contributed by atoms with Crippen LogP contribution in [0.15, 0.2) is 41.2 Å². The van der Waals surface area contributed by atoms with E-state index < -0.39 is 11.7 Å². The lowest BCUT2D eigenvalue weighted by Crippen LogP contribution is -2.25. The molecule has 0 radical (unpaired) electrons. The highest BCUT2D eigenvalue weighted by Gasteiger charge is 2.30. The first-order valence-corrected chi connectivity index (χ1v) is 11.0. The number of hydrogen-bond acceptors (Lipinski definition) is 5. The summed E-state index contributed by atoms with van der Waals surface area (Å²) in [6.07, 6.45) is 2.02. The number of Topliss-reactive ketones (excluding diaryl/α,β-unsaturated/α-hetero) is 1. The zero-order valence-corrected chi connectivity index (χ0v) is 18.6. The van der Waals surface area contributed by atoms with Crippen LogP contribution in [0.5, 0.6) is 0 Å².